The predicted octanol–water partition coefficient (Wildman–Crippen LogP) is 1.75. The fourth-order valence-electron chi connectivity index (χ4n) is 1.33. The molecule has 12 heavy (non-hydrogen) atoms. The Morgan fingerprint density at radius 2 is 2.00 bits per heavy atom. The van der Waals surface area contributed by atoms with E-state index in [-0.39, 0.29) is 0 Å². The first-order chi connectivity index (χ1) is 5.86. The summed E-state index contributed by atoms with van der Waals surface area (Å²) in [5.74, 6) is 0.937. The largest absolute Gasteiger partial charge is 0.259 e. The molecule has 2 heteroatoms. The zero-order valence-corrected chi connectivity index (χ0v) is 7.72. The molecule has 0 spiro atoms. The number of aryl methyl sites for hydroxylation is 1. The summed E-state index contributed by atoms with van der Waals surface area (Å²) in [5.41, 5.74) is 1.36. The summed E-state index contributed by atoms with van der Waals surface area (Å²) in [4.78, 5) is 0. The minimum atomic E-state index is -0.473. The van der Waals surface area contributed by atoms with Crippen LogP contribution in [-0.2, 0) is 17.2 Å². The van der Waals surface area contributed by atoms with E-state index in [1.54, 1.807) is 0 Å². The average molecular weight is 180 g/mol. The van der Waals surface area contributed by atoms with Crippen molar-refractivity contribution in [1.82, 2.24) is 0 Å². The molecule has 1 saturated heterocycles. The molecule has 64 valence electrons. The Labute approximate surface area is 75.3 Å². The van der Waals surface area contributed by atoms with E-state index in [4.69, 9.17) is 0 Å². The minimum absolute atomic E-state index is 0.473. The lowest BCUT2D eigenvalue weighted by atomic mass is 10.1. The second-order valence-corrected chi connectivity index (χ2v) is 4.96. The van der Waals surface area contributed by atoms with E-state index in [1.165, 1.54) is 5.56 Å². The van der Waals surface area contributed by atoms with Crippen molar-refractivity contribution in [2.45, 2.75) is 18.1 Å². The van der Waals surface area contributed by atoms with Gasteiger partial charge in [-0.15, -0.1) is 0 Å². The molecule has 1 aliphatic heterocycles. The van der Waals surface area contributed by atoms with Gasteiger partial charge in [-0.05, 0) is 18.4 Å². The Hall–Kier alpha value is -0.630. The van der Waals surface area contributed by atoms with Crippen LogP contribution in [0, 0.1) is 0 Å². The fourth-order valence-corrected chi connectivity index (χ4v) is 2.33. The Morgan fingerprint density at radius 1 is 1.33 bits per heavy atom. The molecular formula is C10H12OS. The van der Waals surface area contributed by atoms with Crippen molar-refractivity contribution >= 4 is 10.8 Å². The van der Waals surface area contributed by atoms with Crippen molar-refractivity contribution in [3.63, 3.8) is 0 Å². The highest BCUT2D eigenvalue weighted by Crippen LogP contribution is 2.21. The van der Waals surface area contributed by atoms with E-state index in [0.29, 0.717) is 5.25 Å². The van der Waals surface area contributed by atoms with Crippen LogP contribution in [0.3, 0.4) is 0 Å². The molecule has 1 aromatic carbocycles. The smallest absolute Gasteiger partial charge is 0.0466 e. The Kier molecular flexibility index (Phi) is 2.26. The van der Waals surface area contributed by atoms with Gasteiger partial charge in [-0.1, -0.05) is 30.3 Å². The molecule has 0 amide bonds. The molecule has 0 aromatic heterocycles. The predicted molar refractivity (Wildman–Crippen MR) is 51.6 cm³/mol. The molecule has 0 saturated carbocycles. The summed E-state index contributed by atoms with van der Waals surface area (Å²) < 4.78 is 10.8. The molecule has 0 aliphatic carbocycles. The molecule has 2 atom stereocenters. The van der Waals surface area contributed by atoms with Gasteiger partial charge < -0.3 is 0 Å². The molecular weight excluding hydrogens is 168 g/mol. The monoisotopic (exact) mass is 180 g/mol. The third-order valence-corrected chi connectivity index (χ3v) is 3.65. The van der Waals surface area contributed by atoms with Gasteiger partial charge in [0.1, 0.15) is 0 Å². The standard InChI is InChI=1S/C10H12OS/c11-12-8-10(12)7-6-9-4-2-1-3-5-9/h1-5,10H,6-8H2. The normalized spacial score (nSPS) is 27.0. The summed E-state index contributed by atoms with van der Waals surface area (Å²) in [6.45, 7) is 0. The molecule has 1 fully saturated rings. The van der Waals surface area contributed by atoms with Gasteiger partial charge >= 0.3 is 0 Å². The minimum Gasteiger partial charge on any atom is -0.259 e. The first kappa shape index (κ1) is 7.99. The summed E-state index contributed by atoms with van der Waals surface area (Å²) in [5, 5.41) is 0.505. The lowest BCUT2D eigenvalue weighted by Gasteiger charge is -1.96. The van der Waals surface area contributed by atoms with Gasteiger partial charge in [-0.25, -0.2) is 0 Å². The molecule has 1 aliphatic rings. The van der Waals surface area contributed by atoms with Gasteiger partial charge in [0.2, 0.25) is 0 Å². The molecule has 1 nitrogen and oxygen atoms in total. The van der Waals surface area contributed by atoms with Gasteiger partial charge in [-0.3, -0.25) is 4.21 Å². The van der Waals surface area contributed by atoms with E-state index < -0.39 is 10.8 Å². The number of hydrogen-bond acceptors (Lipinski definition) is 1. The number of hydrogen-bond donors (Lipinski definition) is 0. The van der Waals surface area contributed by atoms with Gasteiger partial charge in [0.15, 0.2) is 0 Å². The van der Waals surface area contributed by atoms with E-state index in [9.17, 15) is 4.21 Å². The Morgan fingerprint density at radius 3 is 2.58 bits per heavy atom. The topological polar surface area (TPSA) is 17.1 Å². The lowest BCUT2D eigenvalue weighted by Crippen LogP contribution is -1.90. The highest BCUT2D eigenvalue weighted by atomic mass is 32.2. The van der Waals surface area contributed by atoms with Crippen molar-refractivity contribution in [2.24, 2.45) is 0 Å². The molecule has 0 bridgehead atoms. The highest BCUT2D eigenvalue weighted by Gasteiger charge is 2.31. The van der Waals surface area contributed by atoms with E-state index >= 15 is 0 Å². The van der Waals surface area contributed by atoms with Crippen LogP contribution >= 0.6 is 0 Å². The van der Waals surface area contributed by atoms with Crippen molar-refractivity contribution in [3.05, 3.63) is 35.9 Å². The van der Waals surface area contributed by atoms with E-state index in [2.05, 4.69) is 24.3 Å². The van der Waals surface area contributed by atoms with Gasteiger partial charge in [0.05, 0.1) is 0 Å². The van der Waals surface area contributed by atoms with Crippen LogP contribution < -0.4 is 0 Å². The van der Waals surface area contributed by atoms with Crippen molar-refractivity contribution < 1.29 is 4.21 Å². The van der Waals surface area contributed by atoms with Crippen LogP contribution in [0.15, 0.2) is 30.3 Å². The van der Waals surface area contributed by atoms with Crippen LogP contribution in [0.4, 0.5) is 0 Å². The third kappa shape index (κ3) is 1.95. The second-order valence-electron chi connectivity index (χ2n) is 3.19. The second kappa shape index (κ2) is 3.40. The SMILES string of the molecule is O=S1CC1CCc1ccccc1. The zero-order chi connectivity index (χ0) is 8.39. The number of rotatable bonds is 3. The molecule has 1 aromatic rings. The molecule has 2 rings (SSSR count). The maximum absolute atomic E-state index is 10.8. The first-order valence-electron chi connectivity index (χ1n) is 4.27. The lowest BCUT2D eigenvalue weighted by molar-refractivity contribution is 0.691. The summed E-state index contributed by atoms with van der Waals surface area (Å²) in [6, 6.07) is 10.4. The zero-order valence-electron chi connectivity index (χ0n) is 6.90. The van der Waals surface area contributed by atoms with Crippen LogP contribution in [0.25, 0.3) is 0 Å². The maximum atomic E-state index is 10.8. The third-order valence-electron chi connectivity index (χ3n) is 2.20. The van der Waals surface area contributed by atoms with Gasteiger partial charge in [-0.2, -0.15) is 0 Å². The summed E-state index contributed by atoms with van der Waals surface area (Å²) >= 11 is 0. The summed E-state index contributed by atoms with van der Waals surface area (Å²) in [6.07, 6.45) is 2.17. The van der Waals surface area contributed by atoms with Gasteiger partial charge in [0, 0.05) is 21.8 Å². The highest BCUT2D eigenvalue weighted by molar-refractivity contribution is 7.92. The Balaban J connectivity index is 1.84. The molecule has 1 heterocycles. The van der Waals surface area contributed by atoms with Crippen molar-refractivity contribution in [2.75, 3.05) is 5.75 Å². The first-order valence-corrected chi connectivity index (χ1v) is 5.65. The van der Waals surface area contributed by atoms with Crippen LogP contribution in [0.2, 0.25) is 0 Å². The quantitative estimate of drug-likeness (QED) is 0.648. The molecule has 0 N–H and O–H groups in total. The fraction of sp³-hybridized carbons (Fsp3) is 0.400. The van der Waals surface area contributed by atoms with Crippen molar-refractivity contribution in [1.29, 1.82) is 0 Å². The summed E-state index contributed by atoms with van der Waals surface area (Å²) in [7, 11) is -0.473. The van der Waals surface area contributed by atoms with E-state index in [1.807, 2.05) is 6.07 Å². The average Bonchev–Trinajstić information content (AvgIpc) is 2.81. The van der Waals surface area contributed by atoms with Crippen LogP contribution in [-0.4, -0.2) is 15.2 Å². The maximum Gasteiger partial charge on any atom is 0.0466 e. The molecule has 0 radical (unpaired) electrons. The Bertz CT molecular complexity index is 281. The van der Waals surface area contributed by atoms with E-state index in [0.717, 1.165) is 18.6 Å². The number of benzene rings is 1. The van der Waals surface area contributed by atoms with Gasteiger partial charge in [0.25, 0.3) is 0 Å². The van der Waals surface area contributed by atoms with Crippen LogP contribution in [0.5, 0.6) is 0 Å². The molecule has 2 unspecified atom stereocenters. The van der Waals surface area contributed by atoms with Crippen molar-refractivity contribution in [3.8, 4) is 0 Å². The van der Waals surface area contributed by atoms with Crippen LogP contribution in [0.1, 0.15) is 12.0 Å².